The zero-order valence-electron chi connectivity index (χ0n) is 36.1. The molecule has 1 aliphatic rings. The van der Waals surface area contributed by atoms with Crippen LogP contribution >= 0.6 is 0 Å². The number of rotatable bonds is 17. The number of carbonyl (C=O) groups excluding carboxylic acids is 8. The van der Waals surface area contributed by atoms with E-state index in [1.54, 1.807) is 0 Å². The third-order valence-corrected chi connectivity index (χ3v) is 10.1. The smallest absolute Gasteiger partial charge is 0.331 e. The van der Waals surface area contributed by atoms with Gasteiger partial charge in [-0.3, -0.25) is 38.4 Å². The highest BCUT2D eigenvalue weighted by molar-refractivity contribution is 5.98. The van der Waals surface area contributed by atoms with Gasteiger partial charge in [0.15, 0.2) is 6.04 Å². The molecule has 23 heteroatoms. The number of aliphatic hydroxyl groups excluding tert-OH is 4. The zero-order valence-corrected chi connectivity index (χ0v) is 36.1. The van der Waals surface area contributed by atoms with Gasteiger partial charge in [-0.15, -0.1) is 0 Å². The molecule has 23 nitrogen and oxygen atoms in total. The van der Waals surface area contributed by atoms with Crippen LogP contribution in [0.2, 0.25) is 0 Å². The summed E-state index contributed by atoms with van der Waals surface area (Å²) in [5.41, 5.74) is -1.93. The third kappa shape index (κ3) is 19.4. The van der Waals surface area contributed by atoms with Gasteiger partial charge in [-0.05, 0) is 34.1 Å². The van der Waals surface area contributed by atoms with E-state index in [1.807, 2.05) is 0 Å². The first-order valence-corrected chi connectivity index (χ1v) is 20.9. The van der Waals surface area contributed by atoms with E-state index in [2.05, 4.69) is 44.1 Å². The monoisotopic (exact) mass is 889 g/mol. The molecule has 0 aromatic carbocycles. The van der Waals surface area contributed by atoms with Crippen LogP contribution in [-0.2, 0) is 47.9 Å². The summed E-state index contributed by atoms with van der Waals surface area (Å²) in [5.74, 6) is -11.0. The zero-order chi connectivity index (χ0) is 47.2. The fourth-order valence-corrected chi connectivity index (χ4v) is 6.20. The van der Waals surface area contributed by atoms with Gasteiger partial charge < -0.3 is 72.6 Å². The Morgan fingerprint density at radius 2 is 1.05 bits per heavy atom. The van der Waals surface area contributed by atoms with Crippen molar-refractivity contribution in [3.05, 3.63) is 0 Å². The average Bonchev–Trinajstić information content (AvgIpc) is 3.20. The van der Waals surface area contributed by atoms with E-state index in [1.165, 1.54) is 6.92 Å². The molecule has 1 heterocycles. The quantitative estimate of drug-likeness (QED) is 0.0493. The van der Waals surface area contributed by atoms with Crippen LogP contribution in [-0.4, -0.2) is 164 Å². The van der Waals surface area contributed by atoms with E-state index in [0.29, 0.717) is 12.8 Å². The lowest BCUT2D eigenvalue weighted by molar-refractivity contribution is -0.172. The van der Waals surface area contributed by atoms with Crippen LogP contribution < -0.4 is 37.2 Å². The summed E-state index contributed by atoms with van der Waals surface area (Å²) in [6, 6.07) is -12.2. The normalized spacial score (nSPS) is 27.3. The lowest BCUT2D eigenvalue weighted by Gasteiger charge is -2.34. The Bertz CT molecular complexity index is 1530. The fraction of sp³-hybridized carbons (Fsp3) is 0.769. The summed E-state index contributed by atoms with van der Waals surface area (Å²) >= 11 is 0. The predicted octanol–water partition coefficient (Wildman–Crippen LogP) is -3.76. The first-order chi connectivity index (χ1) is 29.1. The predicted molar refractivity (Wildman–Crippen MR) is 217 cm³/mol. The first kappa shape index (κ1) is 55.0. The van der Waals surface area contributed by atoms with Crippen LogP contribution in [0.4, 0.5) is 0 Å². The van der Waals surface area contributed by atoms with Crippen LogP contribution in [0, 0.1) is 0 Å². The van der Waals surface area contributed by atoms with Crippen LogP contribution in [0.3, 0.4) is 0 Å². The number of nitrogens with one attached hydrogen (secondary N) is 7. The fourth-order valence-electron chi connectivity index (χ4n) is 6.20. The van der Waals surface area contributed by atoms with Gasteiger partial charge in [0, 0.05) is 0 Å². The van der Waals surface area contributed by atoms with Gasteiger partial charge in [0.25, 0.3) is 0 Å². The number of aliphatic carboxylic acids is 1. The molecule has 1 aliphatic heterocycles. The second-order valence-corrected chi connectivity index (χ2v) is 15.7. The van der Waals surface area contributed by atoms with Gasteiger partial charge in [0.05, 0.1) is 44.4 Å². The Morgan fingerprint density at radius 1 is 0.645 bits per heavy atom. The molecule has 1 rings (SSSR count). The topological polar surface area (TPSA) is 368 Å². The number of carbonyl (C=O) groups is 9. The molecule has 0 spiro atoms. The molecular formula is C39H67N7O16. The van der Waals surface area contributed by atoms with Crippen molar-refractivity contribution in [1.82, 2.24) is 37.2 Å². The maximum absolute atomic E-state index is 13.6. The van der Waals surface area contributed by atoms with Crippen LogP contribution in [0.25, 0.3) is 0 Å². The number of amides is 7. The van der Waals surface area contributed by atoms with E-state index in [0.717, 1.165) is 65.7 Å². The minimum atomic E-state index is -1.93. The highest BCUT2D eigenvalue weighted by Crippen LogP contribution is 2.25. The molecule has 0 aromatic heterocycles. The molecule has 0 radical (unpaired) electrons. The van der Waals surface area contributed by atoms with Crippen molar-refractivity contribution in [2.24, 2.45) is 0 Å². The minimum Gasteiger partial charge on any atom is -0.481 e. The maximum Gasteiger partial charge on any atom is 0.331 e. The lowest BCUT2D eigenvalue weighted by atomic mass is 9.89. The summed E-state index contributed by atoms with van der Waals surface area (Å²) in [6.45, 7) is 3.54. The average molecular weight is 890 g/mol. The van der Waals surface area contributed by atoms with E-state index in [4.69, 9.17) is 4.74 Å². The maximum atomic E-state index is 13.6. The number of aliphatic hydroxyl groups is 5. The number of cyclic esters (lactones) is 1. The second-order valence-electron chi connectivity index (χ2n) is 15.7. The van der Waals surface area contributed by atoms with Crippen LogP contribution in [0.15, 0.2) is 0 Å². The van der Waals surface area contributed by atoms with Crippen molar-refractivity contribution in [2.75, 3.05) is 19.8 Å². The van der Waals surface area contributed by atoms with Crippen molar-refractivity contribution in [1.29, 1.82) is 0 Å². The van der Waals surface area contributed by atoms with Gasteiger partial charge in [0.1, 0.15) is 42.4 Å². The number of carboxylic acid groups (broad SMARTS) is 1. The van der Waals surface area contributed by atoms with Crippen molar-refractivity contribution in [3.63, 3.8) is 0 Å². The summed E-state index contributed by atoms with van der Waals surface area (Å²) in [4.78, 5) is 117. The number of unbranched alkanes of at least 4 members (excludes halogenated alkanes) is 8. The highest BCUT2D eigenvalue weighted by atomic mass is 16.6. The summed E-state index contributed by atoms with van der Waals surface area (Å²) < 4.78 is 5.56. The molecular weight excluding hydrogens is 822 g/mol. The van der Waals surface area contributed by atoms with E-state index >= 15 is 0 Å². The molecule has 0 aliphatic carbocycles. The van der Waals surface area contributed by atoms with Crippen molar-refractivity contribution < 1.29 is 78.5 Å². The first-order valence-electron chi connectivity index (χ1n) is 20.9. The molecule has 354 valence electrons. The van der Waals surface area contributed by atoms with E-state index in [-0.39, 0.29) is 6.42 Å². The molecule has 7 amide bonds. The Kier molecular flexibility index (Phi) is 24.7. The summed E-state index contributed by atoms with van der Waals surface area (Å²) in [5, 5.41) is 76.5. The van der Waals surface area contributed by atoms with Crippen LogP contribution in [0.1, 0.15) is 112 Å². The van der Waals surface area contributed by atoms with E-state index < -0.39 is 146 Å². The van der Waals surface area contributed by atoms with Crippen molar-refractivity contribution >= 4 is 53.3 Å². The van der Waals surface area contributed by atoms with Crippen LogP contribution in [0.5, 0.6) is 0 Å². The number of hydrogen-bond donors (Lipinski definition) is 13. The number of ether oxygens (including phenoxy) is 1. The molecule has 0 bridgehead atoms. The highest BCUT2D eigenvalue weighted by Gasteiger charge is 2.41. The van der Waals surface area contributed by atoms with Crippen molar-refractivity contribution in [2.45, 2.75) is 172 Å². The largest absolute Gasteiger partial charge is 0.481 e. The Labute approximate surface area is 360 Å². The van der Waals surface area contributed by atoms with Gasteiger partial charge in [-0.2, -0.15) is 0 Å². The second kappa shape index (κ2) is 27.9. The molecule has 1 fully saturated rings. The Morgan fingerprint density at radius 3 is 1.52 bits per heavy atom. The molecule has 0 aromatic rings. The Hall–Kier alpha value is -4.97. The SMILES string of the molecule is CCCCCCCCCCCC(C)(O)C1CC(=O)NC(CO)C(=O)NC(C)C(=O)NC(CC(=O)O)C(=O)NC(C)C(=O)NC(CO)C(=O)NC(CO)C(=O)NC(C(C)O)C(=O)O1. The number of hydrogen-bond acceptors (Lipinski definition) is 15. The molecule has 13 N–H and O–H groups in total. The molecule has 10 unspecified atom stereocenters. The summed E-state index contributed by atoms with van der Waals surface area (Å²) in [6.07, 6.45) is 3.18. The standard InChI is InChI=1S/C39H67N7O16/c1-6-7-8-9-10-11-12-13-14-15-39(5,61)28-17-29(51)42-25(18-47)35(57)41-21(2)32(54)43-24(16-30(52)53)34(56)40-22(3)33(55)44-26(19-48)36(58)45-27(20-49)37(59)46-31(23(4)50)38(60)62-28/h21-28,31,47-50,61H,6-20H2,1-5H3,(H,40,56)(H,41,57)(H,42,51)(H,43,54)(H,44,55)(H,45,58)(H,46,59)(H,52,53). The number of esters is 1. The van der Waals surface area contributed by atoms with Gasteiger partial charge in [-0.1, -0.05) is 64.7 Å². The molecule has 62 heavy (non-hydrogen) atoms. The molecule has 10 atom stereocenters. The van der Waals surface area contributed by atoms with Crippen molar-refractivity contribution in [3.8, 4) is 0 Å². The van der Waals surface area contributed by atoms with Gasteiger partial charge in [0.2, 0.25) is 41.4 Å². The minimum absolute atomic E-state index is 0.00282. The lowest BCUT2D eigenvalue weighted by Crippen LogP contribution is -2.61. The van der Waals surface area contributed by atoms with E-state index in [9.17, 15) is 73.8 Å². The van der Waals surface area contributed by atoms with Gasteiger partial charge >= 0.3 is 11.9 Å². The summed E-state index contributed by atoms with van der Waals surface area (Å²) in [7, 11) is 0. The van der Waals surface area contributed by atoms with Gasteiger partial charge in [-0.25, -0.2) is 4.79 Å². The molecule has 1 saturated heterocycles. The Balaban J connectivity index is 3.58. The number of carboxylic acids is 1. The molecule has 0 saturated carbocycles. The third-order valence-electron chi connectivity index (χ3n) is 10.1.